The van der Waals surface area contributed by atoms with Crippen LogP contribution in [0, 0.1) is 0 Å². The van der Waals surface area contributed by atoms with Gasteiger partial charge in [0, 0.05) is 21.7 Å². The van der Waals surface area contributed by atoms with E-state index in [1.165, 1.54) is 11.3 Å². The molecule has 2 rings (SSSR count). The third-order valence-electron chi connectivity index (χ3n) is 2.59. The third-order valence-corrected chi connectivity index (χ3v) is 3.65. The van der Waals surface area contributed by atoms with Crippen LogP contribution < -0.4 is 9.47 Å². The summed E-state index contributed by atoms with van der Waals surface area (Å²) in [4.78, 5) is 11.4. The number of rotatable bonds is 6. The van der Waals surface area contributed by atoms with Crippen LogP contribution in [0.2, 0.25) is 0 Å². The molecule has 2 aromatic rings. The van der Waals surface area contributed by atoms with Crippen molar-refractivity contribution < 1.29 is 19.4 Å². The highest BCUT2D eigenvalue weighted by Crippen LogP contribution is 2.37. The predicted molar refractivity (Wildman–Crippen MR) is 80.8 cm³/mol. The smallest absolute Gasteiger partial charge is 0.328 e. The SMILES string of the molecule is CCOc1cc2cc(C=CC(=O)O)sc2cc1OCC. The van der Waals surface area contributed by atoms with Crippen molar-refractivity contribution in [2.45, 2.75) is 13.8 Å². The van der Waals surface area contributed by atoms with Gasteiger partial charge in [0.2, 0.25) is 0 Å². The molecule has 106 valence electrons. The van der Waals surface area contributed by atoms with E-state index in [4.69, 9.17) is 14.6 Å². The van der Waals surface area contributed by atoms with Gasteiger partial charge in [0.15, 0.2) is 11.5 Å². The molecule has 0 spiro atoms. The molecule has 0 aliphatic carbocycles. The maximum absolute atomic E-state index is 10.5. The molecule has 4 nitrogen and oxygen atoms in total. The zero-order valence-corrected chi connectivity index (χ0v) is 12.2. The van der Waals surface area contributed by atoms with Crippen molar-refractivity contribution in [1.82, 2.24) is 0 Å². The van der Waals surface area contributed by atoms with E-state index < -0.39 is 5.97 Å². The molecule has 20 heavy (non-hydrogen) atoms. The van der Waals surface area contributed by atoms with E-state index in [0.717, 1.165) is 26.8 Å². The van der Waals surface area contributed by atoms with E-state index in [2.05, 4.69) is 0 Å². The number of aliphatic carboxylic acids is 1. The Morgan fingerprint density at radius 2 is 1.85 bits per heavy atom. The number of fused-ring (bicyclic) bond motifs is 1. The molecule has 0 aliphatic rings. The molecule has 1 aromatic carbocycles. The van der Waals surface area contributed by atoms with E-state index in [1.807, 2.05) is 32.0 Å². The van der Waals surface area contributed by atoms with Crippen molar-refractivity contribution in [3.8, 4) is 11.5 Å². The number of ether oxygens (including phenoxy) is 2. The van der Waals surface area contributed by atoms with E-state index in [9.17, 15) is 4.79 Å². The fourth-order valence-electron chi connectivity index (χ4n) is 1.84. The molecule has 0 bridgehead atoms. The molecule has 1 aromatic heterocycles. The first-order valence-corrected chi connectivity index (χ1v) is 7.20. The second-order valence-electron chi connectivity index (χ2n) is 4.02. The Bertz CT molecular complexity index is 600. The van der Waals surface area contributed by atoms with Crippen molar-refractivity contribution in [3.05, 3.63) is 29.2 Å². The number of carboxylic acids is 1. The van der Waals surface area contributed by atoms with Gasteiger partial charge in [0.25, 0.3) is 0 Å². The second kappa shape index (κ2) is 6.43. The van der Waals surface area contributed by atoms with Crippen LogP contribution in [-0.4, -0.2) is 24.3 Å². The van der Waals surface area contributed by atoms with Crippen molar-refractivity contribution in [2.75, 3.05) is 13.2 Å². The highest BCUT2D eigenvalue weighted by Gasteiger charge is 2.09. The Hall–Kier alpha value is -2.01. The topological polar surface area (TPSA) is 55.8 Å². The van der Waals surface area contributed by atoms with Crippen LogP contribution in [0.3, 0.4) is 0 Å². The molecule has 0 saturated heterocycles. The minimum Gasteiger partial charge on any atom is -0.490 e. The zero-order chi connectivity index (χ0) is 14.5. The van der Waals surface area contributed by atoms with Crippen LogP contribution in [-0.2, 0) is 4.79 Å². The lowest BCUT2D eigenvalue weighted by Crippen LogP contribution is -1.97. The fourth-order valence-corrected chi connectivity index (χ4v) is 2.82. The second-order valence-corrected chi connectivity index (χ2v) is 5.14. The molecule has 0 atom stereocenters. The quantitative estimate of drug-likeness (QED) is 0.823. The lowest BCUT2D eigenvalue weighted by atomic mass is 10.2. The minimum atomic E-state index is -0.951. The normalized spacial score (nSPS) is 11.1. The Labute approximate surface area is 121 Å². The Kier molecular flexibility index (Phi) is 4.63. The summed E-state index contributed by atoms with van der Waals surface area (Å²) in [6.45, 7) is 4.99. The van der Waals surface area contributed by atoms with Crippen molar-refractivity contribution in [1.29, 1.82) is 0 Å². The molecular formula is C15H16O4S. The number of benzene rings is 1. The van der Waals surface area contributed by atoms with Gasteiger partial charge in [-0.2, -0.15) is 0 Å². The molecule has 1 N–H and O–H groups in total. The number of thiophene rings is 1. The summed E-state index contributed by atoms with van der Waals surface area (Å²) in [6, 6.07) is 5.81. The van der Waals surface area contributed by atoms with Crippen LogP contribution in [0.4, 0.5) is 0 Å². The average Bonchev–Trinajstić information content (AvgIpc) is 2.79. The average molecular weight is 292 g/mol. The number of hydrogen-bond acceptors (Lipinski definition) is 4. The molecule has 0 amide bonds. The summed E-state index contributed by atoms with van der Waals surface area (Å²) in [5, 5.41) is 9.68. The molecule has 1 heterocycles. The zero-order valence-electron chi connectivity index (χ0n) is 11.4. The first-order valence-electron chi connectivity index (χ1n) is 6.38. The summed E-state index contributed by atoms with van der Waals surface area (Å²) in [5.74, 6) is 0.485. The highest BCUT2D eigenvalue weighted by molar-refractivity contribution is 7.19. The largest absolute Gasteiger partial charge is 0.490 e. The van der Waals surface area contributed by atoms with Gasteiger partial charge in [0.05, 0.1) is 13.2 Å². The van der Waals surface area contributed by atoms with Crippen LogP contribution in [0.1, 0.15) is 18.7 Å². The summed E-state index contributed by atoms with van der Waals surface area (Å²) in [6.07, 6.45) is 2.73. The van der Waals surface area contributed by atoms with Crippen LogP contribution in [0.15, 0.2) is 24.3 Å². The van der Waals surface area contributed by atoms with Gasteiger partial charge in [-0.3, -0.25) is 0 Å². The van der Waals surface area contributed by atoms with Gasteiger partial charge >= 0.3 is 5.97 Å². The first kappa shape index (κ1) is 14.4. The minimum absolute atomic E-state index is 0.571. The summed E-state index contributed by atoms with van der Waals surface area (Å²) < 4.78 is 12.2. The number of hydrogen-bond donors (Lipinski definition) is 1. The first-order chi connectivity index (χ1) is 9.63. The van der Waals surface area contributed by atoms with Crippen LogP contribution in [0.5, 0.6) is 11.5 Å². The molecule has 0 fully saturated rings. The van der Waals surface area contributed by atoms with Gasteiger partial charge in [-0.25, -0.2) is 4.79 Å². The third kappa shape index (κ3) is 3.30. The number of carboxylic acid groups (broad SMARTS) is 1. The Morgan fingerprint density at radius 1 is 1.20 bits per heavy atom. The summed E-state index contributed by atoms with van der Waals surface area (Å²) >= 11 is 1.52. The predicted octanol–water partition coefficient (Wildman–Crippen LogP) is 3.80. The van der Waals surface area contributed by atoms with Gasteiger partial charge < -0.3 is 14.6 Å². The van der Waals surface area contributed by atoms with E-state index in [-0.39, 0.29) is 0 Å². The summed E-state index contributed by atoms with van der Waals surface area (Å²) in [7, 11) is 0. The van der Waals surface area contributed by atoms with Gasteiger partial charge in [0.1, 0.15) is 0 Å². The highest BCUT2D eigenvalue weighted by atomic mass is 32.1. The molecule has 0 saturated carbocycles. The number of carbonyl (C=O) groups is 1. The van der Waals surface area contributed by atoms with Crippen LogP contribution in [0.25, 0.3) is 16.2 Å². The van der Waals surface area contributed by atoms with Crippen molar-refractivity contribution in [3.63, 3.8) is 0 Å². The van der Waals surface area contributed by atoms with Crippen molar-refractivity contribution >= 4 is 33.5 Å². The molecule has 5 heteroatoms. The maximum atomic E-state index is 10.5. The molecular weight excluding hydrogens is 276 g/mol. The van der Waals surface area contributed by atoms with Crippen LogP contribution >= 0.6 is 11.3 Å². The van der Waals surface area contributed by atoms with E-state index in [0.29, 0.717) is 19.0 Å². The molecule has 0 radical (unpaired) electrons. The Morgan fingerprint density at radius 3 is 2.45 bits per heavy atom. The Balaban J connectivity index is 2.43. The van der Waals surface area contributed by atoms with Gasteiger partial charge in [-0.05, 0) is 37.4 Å². The molecule has 0 unspecified atom stereocenters. The van der Waals surface area contributed by atoms with Gasteiger partial charge in [-0.1, -0.05) is 0 Å². The lowest BCUT2D eigenvalue weighted by molar-refractivity contribution is -0.131. The lowest BCUT2D eigenvalue weighted by Gasteiger charge is -2.10. The fraction of sp³-hybridized carbons (Fsp3) is 0.267. The standard InChI is InChI=1S/C15H16O4S/c1-3-18-12-8-10-7-11(5-6-15(16)17)20-14(10)9-13(12)19-4-2/h5-9H,3-4H2,1-2H3,(H,16,17). The summed E-state index contributed by atoms with van der Waals surface area (Å²) in [5.41, 5.74) is 0. The van der Waals surface area contributed by atoms with E-state index >= 15 is 0 Å². The monoisotopic (exact) mass is 292 g/mol. The van der Waals surface area contributed by atoms with E-state index in [1.54, 1.807) is 6.08 Å². The van der Waals surface area contributed by atoms with Gasteiger partial charge in [-0.15, -0.1) is 11.3 Å². The maximum Gasteiger partial charge on any atom is 0.328 e. The van der Waals surface area contributed by atoms with Crippen molar-refractivity contribution in [2.24, 2.45) is 0 Å². The molecule has 0 aliphatic heterocycles.